The fourth-order valence-electron chi connectivity index (χ4n) is 3.35. The molecule has 160 valence electrons. The molecule has 0 atom stereocenters. The summed E-state index contributed by atoms with van der Waals surface area (Å²) >= 11 is 0. The normalized spacial score (nSPS) is 23.0. The van der Waals surface area contributed by atoms with Gasteiger partial charge in [0.05, 0.1) is 24.4 Å². The lowest BCUT2D eigenvalue weighted by Gasteiger charge is -2.47. The molecule has 0 amide bonds. The van der Waals surface area contributed by atoms with Crippen LogP contribution in [0, 0.1) is 11.8 Å². The molecule has 6 nitrogen and oxygen atoms in total. The van der Waals surface area contributed by atoms with Gasteiger partial charge in [-0.3, -0.25) is 4.90 Å². The van der Waals surface area contributed by atoms with Crippen LogP contribution in [0.5, 0.6) is 5.88 Å². The van der Waals surface area contributed by atoms with E-state index in [1.807, 2.05) is 12.1 Å². The summed E-state index contributed by atoms with van der Waals surface area (Å²) in [6, 6.07) is 3.69. The van der Waals surface area contributed by atoms with Gasteiger partial charge in [0.15, 0.2) is 0 Å². The third-order valence-corrected chi connectivity index (χ3v) is 5.09. The van der Waals surface area contributed by atoms with Crippen molar-refractivity contribution >= 4 is 0 Å². The number of aromatic nitrogens is 2. The highest BCUT2D eigenvalue weighted by atomic mass is 16.5. The largest absolute Gasteiger partial charge is 0.473 e. The van der Waals surface area contributed by atoms with Gasteiger partial charge in [0.1, 0.15) is 11.8 Å². The van der Waals surface area contributed by atoms with Gasteiger partial charge < -0.3 is 14.2 Å². The highest BCUT2D eigenvalue weighted by Crippen LogP contribution is 2.30. The molecule has 1 aliphatic heterocycles. The first-order valence-electron chi connectivity index (χ1n) is 10.6. The van der Waals surface area contributed by atoms with E-state index in [0.717, 1.165) is 25.9 Å². The Morgan fingerprint density at radius 2 is 1.72 bits per heavy atom. The maximum absolute atomic E-state index is 5.92. The number of hydrogen-bond acceptors (Lipinski definition) is 6. The first-order chi connectivity index (χ1) is 13.6. The quantitative estimate of drug-likeness (QED) is 0.538. The summed E-state index contributed by atoms with van der Waals surface area (Å²) in [6.07, 6.45) is 3.27. The van der Waals surface area contributed by atoms with E-state index in [1.54, 1.807) is 0 Å². The number of hydrogen-bond donors (Lipinski definition) is 0. The van der Waals surface area contributed by atoms with Crippen molar-refractivity contribution in [3.63, 3.8) is 0 Å². The van der Waals surface area contributed by atoms with E-state index in [9.17, 15) is 0 Å². The summed E-state index contributed by atoms with van der Waals surface area (Å²) < 4.78 is 17.6. The maximum Gasteiger partial charge on any atom is 0.233 e. The van der Waals surface area contributed by atoms with Gasteiger partial charge in [-0.1, -0.05) is 5.92 Å². The second-order valence-corrected chi connectivity index (χ2v) is 9.94. The van der Waals surface area contributed by atoms with Gasteiger partial charge in [-0.2, -0.15) is 0 Å². The Balaban J connectivity index is 1.31. The van der Waals surface area contributed by atoms with Crippen LogP contribution in [0.25, 0.3) is 0 Å². The third kappa shape index (κ3) is 6.95. The summed E-state index contributed by atoms with van der Waals surface area (Å²) in [4.78, 5) is 2.42. The highest BCUT2D eigenvalue weighted by Gasteiger charge is 2.35. The summed E-state index contributed by atoms with van der Waals surface area (Å²) in [5, 5.41) is 8.27. The Bertz CT molecular complexity index is 713. The van der Waals surface area contributed by atoms with Gasteiger partial charge in [0.25, 0.3) is 0 Å². The fourth-order valence-corrected chi connectivity index (χ4v) is 3.35. The molecule has 1 aliphatic carbocycles. The molecule has 0 aromatic carbocycles. The third-order valence-electron chi connectivity index (χ3n) is 5.09. The van der Waals surface area contributed by atoms with E-state index in [2.05, 4.69) is 68.5 Å². The lowest BCUT2D eigenvalue weighted by atomic mass is 9.91. The molecule has 6 heteroatoms. The predicted molar refractivity (Wildman–Crippen MR) is 113 cm³/mol. The van der Waals surface area contributed by atoms with Crippen LogP contribution in [0.4, 0.5) is 0 Å². The molecule has 2 aliphatic rings. The molecule has 1 saturated heterocycles. The van der Waals surface area contributed by atoms with Crippen molar-refractivity contribution in [1.82, 2.24) is 15.1 Å². The highest BCUT2D eigenvalue weighted by molar-refractivity contribution is 5.27. The van der Waals surface area contributed by atoms with Crippen LogP contribution in [0.3, 0.4) is 0 Å². The summed E-state index contributed by atoms with van der Waals surface area (Å²) in [5.41, 5.74) is 0.780. The maximum atomic E-state index is 5.92. The molecule has 0 N–H and O–H groups in total. The van der Waals surface area contributed by atoms with Crippen molar-refractivity contribution in [3.8, 4) is 17.7 Å². The van der Waals surface area contributed by atoms with Crippen molar-refractivity contribution in [2.45, 2.75) is 90.3 Å². The van der Waals surface area contributed by atoms with Crippen LogP contribution < -0.4 is 4.74 Å². The second kappa shape index (κ2) is 8.99. The standard InChI is InChI=1S/C23H35N3O3/c1-22(2,3)26-15-20(16-26)27-12-8-7-9-17-10-11-21(25-24-17)28-18-13-19(14-18)29-23(4,5)6/h10-11,18-20H,8,12-16H2,1-6H3. The first-order valence-corrected chi connectivity index (χ1v) is 10.6. The topological polar surface area (TPSA) is 56.7 Å². The van der Waals surface area contributed by atoms with Gasteiger partial charge in [0, 0.05) is 44.0 Å². The van der Waals surface area contributed by atoms with Gasteiger partial charge >= 0.3 is 0 Å². The van der Waals surface area contributed by atoms with Gasteiger partial charge in [-0.15, -0.1) is 10.2 Å². The molecule has 2 heterocycles. The van der Waals surface area contributed by atoms with Crippen LogP contribution >= 0.6 is 0 Å². The number of likely N-dealkylation sites (tertiary alicyclic amines) is 1. The Morgan fingerprint density at radius 3 is 2.31 bits per heavy atom. The van der Waals surface area contributed by atoms with E-state index >= 15 is 0 Å². The lowest BCUT2D eigenvalue weighted by molar-refractivity contribution is -0.127. The minimum absolute atomic E-state index is 0.106. The van der Waals surface area contributed by atoms with Crippen molar-refractivity contribution in [1.29, 1.82) is 0 Å². The Labute approximate surface area is 175 Å². The number of rotatable bonds is 6. The molecule has 1 saturated carbocycles. The molecule has 2 fully saturated rings. The monoisotopic (exact) mass is 401 g/mol. The molecule has 0 radical (unpaired) electrons. The molecule has 1 aromatic heterocycles. The first kappa shape index (κ1) is 22.0. The van der Waals surface area contributed by atoms with Crippen molar-refractivity contribution < 1.29 is 14.2 Å². The number of nitrogens with zero attached hydrogens (tertiary/aromatic N) is 3. The minimum Gasteiger partial charge on any atom is -0.473 e. The van der Waals surface area contributed by atoms with Crippen molar-refractivity contribution in [2.75, 3.05) is 19.7 Å². The Hall–Kier alpha value is -1.68. The molecule has 0 spiro atoms. The van der Waals surface area contributed by atoms with E-state index in [4.69, 9.17) is 14.2 Å². The fraction of sp³-hybridized carbons (Fsp3) is 0.739. The van der Waals surface area contributed by atoms with Crippen LogP contribution in [0.15, 0.2) is 12.1 Å². The molecule has 1 aromatic rings. The molecule has 3 rings (SSSR count). The van der Waals surface area contributed by atoms with Gasteiger partial charge in [-0.25, -0.2) is 0 Å². The van der Waals surface area contributed by atoms with Crippen LogP contribution in [-0.2, 0) is 9.47 Å². The lowest BCUT2D eigenvalue weighted by Crippen LogP contribution is -2.59. The summed E-state index contributed by atoms with van der Waals surface area (Å²) in [7, 11) is 0. The zero-order chi connectivity index (χ0) is 21.1. The van der Waals surface area contributed by atoms with Crippen LogP contribution in [0.2, 0.25) is 0 Å². The van der Waals surface area contributed by atoms with Crippen LogP contribution in [0.1, 0.15) is 66.5 Å². The van der Waals surface area contributed by atoms with Crippen molar-refractivity contribution in [3.05, 3.63) is 17.8 Å². The Morgan fingerprint density at radius 1 is 1.00 bits per heavy atom. The molecule has 0 unspecified atom stereocenters. The summed E-state index contributed by atoms with van der Waals surface area (Å²) in [6.45, 7) is 15.6. The second-order valence-electron chi connectivity index (χ2n) is 9.94. The zero-order valence-electron chi connectivity index (χ0n) is 18.7. The average Bonchev–Trinajstić information content (AvgIpc) is 2.53. The molecule has 29 heavy (non-hydrogen) atoms. The van der Waals surface area contributed by atoms with E-state index in [1.165, 1.54) is 0 Å². The van der Waals surface area contributed by atoms with E-state index in [-0.39, 0.29) is 23.3 Å². The zero-order valence-corrected chi connectivity index (χ0v) is 18.7. The average molecular weight is 402 g/mol. The Kier molecular flexibility index (Phi) is 6.83. The van der Waals surface area contributed by atoms with Gasteiger partial charge in [0.2, 0.25) is 5.88 Å². The molecule has 0 bridgehead atoms. The van der Waals surface area contributed by atoms with Gasteiger partial charge in [-0.05, 0) is 53.5 Å². The smallest absolute Gasteiger partial charge is 0.233 e. The minimum atomic E-state index is -0.106. The number of ether oxygens (including phenoxy) is 3. The SMILES string of the molecule is CC(C)(C)OC1CC(Oc2ccc(C#CCCOC3CN(C(C)(C)C)C3)nn2)C1. The van der Waals surface area contributed by atoms with Crippen molar-refractivity contribution in [2.24, 2.45) is 0 Å². The summed E-state index contributed by atoms with van der Waals surface area (Å²) in [5.74, 6) is 6.70. The van der Waals surface area contributed by atoms with E-state index in [0.29, 0.717) is 30.7 Å². The predicted octanol–water partition coefficient (Wildman–Crippen LogP) is 3.44. The van der Waals surface area contributed by atoms with E-state index < -0.39 is 0 Å². The molecular formula is C23H35N3O3. The molecular weight excluding hydrogens is 366 g/mol. The van der Waals surface area contributed by atoms with Crippen LogP contribution in [-0.4, -0.2) is 64.2 Å².